The fourth-order valence-corrected chi connectivity index (χ4v) is 4.06. The van der Waals surface area contributed by atoms with E-state index in [9.17, 15) is 18.0 Å². The number of halogens is 3. The summed E-state index contributed by atoms with van der Waals surface area (Å²) in [7, 11) is 0. The molecule has 1 aliphatic rings. The van der Waals surface area contributed by atoms with Crippen LogP contribution in [0.25, 0.3) is 5.82 Å². The topological polar surface area (TPSA) is 54.3 Å². The Labute approximate surface area is 190 Å². The van der Waals surface area contributed by atoms with E-state index < -0.39 is 11.7 Å². The van der Waals surface area contributed by atoms with Crippen molar-refractivity contribution in [2.24, 2.45) is 0 Å². The smallest absolute Gasteiger partial charge is 0.336 e. The summed E-state index contributed by atoms with van der Waals surface area (Å²) in [4.78, 5) is 21.4. The first-order valence-electron chi connectivity index (χ1n) is 10.9. The first-order valence-corrected chi connectivity index (χ1v) is 10.9. The van der Waals surface area contributed by atoms with Gasteiger partial charge in [0, 0.05) is 38.9 Å². The monoisotopic (exact) mass is 457 g/mol. The highest BCUT2D eigenvalue weighted by Gasteiger charge is 2.31. The predicted molar refractivity (Wildman–Crippen MR) is 118 cm³/mol. The third kappa shape index (κ3) is 5.08. The molecule has 0 aliphatic carbocycles. The number of hydrogen-bond acceptors (Lipinski definition) is 4. The Bertz CT molecular complexity index is 1090. The highest BCUT2D eigenvalue weighted by molar-refractivity contribution is 5.95. The molecule has 0 atom stereocenters. The number of nitrogens with zero attached hydrogens (tertiary/aromatic N) is 5. The number of amides is 1. The maximum Gasteiger partial charge on any atom is 0.417 e. The Kier molecular flexibility index (Phi) is 6.51. The fraction of sp³-hybridized carbons (Fsp3) is 0.375. The lowest BCUT2D eigenvalue weighted by Crippen LogP contribution is -2.48. The van der Waals surface area contributed by atoms with Gasteiger partial charge in [-0.3, -0.25) is 9.69 Å². The molecule has 3 aromatic rings. The molecule has 1 amide bonds. The lowest BCUT2D eigenvalue weighted by atomic mass is 10.0. The van der Waals surface area contributed by atoms with E-state index in [0.29, 0.717) is 24.3 Å². The van der Waals surface area contributed by atoms with Crippen molar-refractivity contribution in [1.82, 2.24) is 24.6 Å². The van der Waals surface area contributed by atoms with Gasteiger partial charge in [-0.05, 0) is 23.6 Å². The molecule has 3 heterocycles. The Morgan fingerprint density at radius 1 is 1.00 bits per heavy atom. The summed E-state index contributed by atoms with van der Waals surface area (Å²) >= 11 is 0. The molecule has 4 rings (SSSR count). The zero-order chi connectivity index (χ0) is 23.6. The first-order chi connectivity index (χ1) is 15.7. The van der Waals surface area contributed by atoms with Gasteiger partial charge >= 0.3 is 6.18 Å². The van der Waals surface area contributed by atoms with Crippen molar-refractivity contribution >= 4 is 5.91 Å². The third-order valence-electron chi connectivity index (χ3n) is 5.78. The summed E-state index contributed by atoms with van der Waals surface area (Å²) in [6.45, 7) is 7.44. The molecule has 0 spiro atoms. The fourth-order valence-electron chi connectivity index (χ4n) is 4.06. The van der Waals surface area contributed by atoms with Gasteiger partial charge in [0.2, 0.25) is 0 Å². The minimum Gasteiger partial charge on any atom is -0.336 e. The van der Waals surface area contributed by atoms with Gasteiger partial charge in [-0.2, -0.15) is 18.3 Å². The predicted octanol–water partition coefficient (Wildman–Crippen LogP) is 4.37. The van der Waals surface area contributed by atoms with Crippen molar-refractivity contribution in [3.8, 4) is 5.82 Å². The van der Waals surface area contributed by atoms with Crippen LogP contribution in [0.4, 0.5) is 13.2 Å². The second-order valence-electron chi connectivity index (χ2n) is 8.47. The molecule has 33 heavy (non-hydrogen) atoms. The number of alkyl halides is 3. The van der Waals surface area contributed by atoms with Crippen molar-refractivity contribution in [2.75, 3.05) is 26.2 Å². The second kappa shape index (κ2) is 9.35. The van der Waals surface area contributed by atoms with Crippen molar-refractivity contribution in [3.05, 3.63) is 77.2 Å². The molecule has 0 unspecified atom stereocenters. The molecular formula is C24H26F3N5O. The van der Waals surface area contributed by atoms with E-state index in [0.717, 1.165) is 31.9 Å². The summed E-state index contributed by atoms with van der Waals surface area (Å²) in [5, 5.41) is 4.30. The molecule has 0 saturated carbocycles. The van der Waals surface area contributed by atoms with Gasteiger partial charge in [0.15, 0.2) is 5.82 Å². The van der Waals surface area contributed by atoms with E-state index in [1.165, 1.54) is 22.5 Å². The van der Waals surface area contributed by atoms with E-state index in [1.807, 2.05) is 36.9 Å². The summed E-state index contributed by atoms with van der Waals surface area (Å²) in [5.74, 6) is 0.0598. The number of hydrogen-bond donors (Lipinski definition) is 0. The van der Waals surface area contributed by atoms with E-state index >= 15 is 0 Å². The molecule has 1 fully saturated rings. The van der Waals surface area contributed by atoms with Crippen LogP contribution in [-0.4, -0.2) is 56.7 Å². The molecule has 0 radical (unpaired) electrons. The summed E-state index contributed by atoms with van der Waals surface area (Å²) in [6, 6.07) is 12.5. The molecule has 1 saturated heterocycles. The maximum atomic E-state index is 13.3. The maximum absolute atomic E-state index is 13.3. The number of pyridine rings is 1. The largest absolute Gasteiger partial charge is 0.417 e. The number of aromatic nitrogens is 3. The minimum atomic E-state index is -4.46. The van der Waals surface area contributed by atoms with Gasteiger partial charge in [0.05, 0.1) is 23.0 Å². The Morgan fingerprint density at radius 2 is 1.70 bits per heavy atom. The summed E-state index contributed by atoms with van der Waals surface area (Å²) in [6.07, 6.45) is -2.18. The van der Waals surface area contributed by atoms with Crippen LogP contribution in [0.3, 0.4) is 0 Å². The zero-order valence-electron chi connectivity index (χ0n) is 18.6. The highest BCUT2D eigenvalue weighted by atomic mass is 19.4. The second-order valence-corrected chi connectivity index (χ2v) is 8.47. The number of piperazine rings is 1. The standard InChI is InChI=1S/C24H26F3N5O/c1-17(2)22-20(15-29-32(22)21-9-8-19(14-28-21)24(25,26)27)23(33)31-12-10-30(11-13-31)16-18-6-4-3-5-7-18/h3-9,14-15,17H,10-13,16H2,1-2H3. The Hall–Kier alpha value is -3.20. The van der Waals surface area contributed by atoms with Gasteiger partial charge < -0.3 is 4.90 Å². The molecular weight excluding hydrogens is 431 g/mol. The van der Waals surface area contributed by atoms with Gasteiger partial charge in [0.1, 0.15) is 0 Å². The quantitative estimate of drug-likeness (QED) is 0.571. The summed E-state index contributed by atoms with van der Waals surface area (Å²) < 4.78 is 40.1. The van der Waals surface area contributed by atoms with Crippen molar-refractivity contribution in [2.45, 2.75) is 32.5 Å². The SMILES string of the molecule is CC(C)c1c(C(=O)N2CCN(Cc3ccccc3)CC2)cnn1-c1ccc(C(F)(F)F)cn1. The molecule has 0 N–H and O–H groups in total. The third-order valence-corrected chi connectivity index (χ3v) is 5.78. The summed E-state index contributed by atoms with van der Waals surface area (Å²) in [5.41, 5.74) is 1.51. The van der Waals surface area contributed by atoms with Crippen molar-refractivity contribution in [3.63, 3.8) is 0 Å². The molecule has 2 aromatic heterocycles. The van der Waals surface area contributed by atoms with E-state index in [1.54, 1.807) is 0 Å². The molecule has 1 aromatic carbocycles. The van der Waals surface area contributed by atoms with E-state index in [2.05, 4.69) is 27.1 Å². The van der Waals surface area contributed by atoms with Gasteiger partial charge in [-0.25, -0.2) is 9.67 Å². The van der Waals surface area contributed by atoms with Crippen molar-refractivity contribution in [1.29, 1.82) is 0 Å². The minimum absolute atomic E-state index is 0.0742. The molecule has 174 valence electrons. The first kappa shape index (κ1) is 23.0. The molecule has 0 bridgehead atoms. The highest BCUT2D eigenvalue weighted by Crippen LogP contribution is 2.30. The van der Waals surface area contributed by atoms with Crippen LogP contribution in [0.2, 0.25) is 0 Å². The van der Waals surface area contributed by atoms with Crippen LogP contribution in [0.1, 0.15) is 46.9 Å². The number of rotatable bonds is 5. The van der Waals surface area contributed by atoms with Crippen LogP contribution < -0.4 is 0 Å². The van der Waals surface area contributed by atoms with Crippen LogP contribution >= 0.6 is 0 Å². The van der Waals surface area contributed by atoms with Crippen LogP contribution in [0.15, 0.2) is 54.9 Å². The van der Waals surface area contributed by atoms with Crippen LogP contribution in [-0.2, 0) is 12.7 Å². The lowest BCUT2D eigenvalue weighted by molar-refractivity contribution is -0.137. The Morgan fingerprint density at radius 3 is 2.27 bits per heavy atom. The average molecular weight is 458 g/mol. The number of carbonyl (C=O) groups is 1. The van der Waals surface area contributed by atoms with Gasteiger partial charge in [0.25, 0.3) is 5.91 Å². The molecule has 9 heteroatoms. The molecule has 6 nitrogen and oxygen atoms in total. The lowest BCUT2D eigenvalue weighted by Gasteiger charge is -2.34. The normalized spacial score (nSPS) is 15.3. The van der Waals surface area contributed by atoms with Crippen LogP contribution in [0, 0.1) is 0 Å². The van der Waals surface area contributed by atoms with Gasteiger partial charge in [-0.15, -0.1) is 0 Å². The Balaban J connectivity index is 1.49. The van der Waals surface area contributed by atoms with Crippen LogP contribution in [0.5, 0.6) is 0 Å². The van der Waals surface area contributed by atoms with Crippen molar-refractivity contribution < 1.29 is 18.0 Å². The average Bonchev–Trinajstić information content (AvgIpc) is 3.25. The van der Waals surface area contributed by atoms with Gasteiger partial charge in [-0.1, -0.05) is 44.2 Å². The molecule has 1 aliphatic heterocycles. The number of carbonyl (C=O) groups excluding carboxylic acids is 1. The van der Waals surface area contributed by atoms with E-state index in [4.69, 9.17) is 0 Å². The number of benzene rings is 1. The van der Waals surface area contributed by atoms with E-state index in [-0.39, 0.29) is 17.6 Å². The zero-order valence-corrected chi connectivity index (χ0v) is 18.6.